The van der Waals surface area contributed by atoms with E-state index >= 15 is 0 Å². The maximum absolute atomic E-state index is 12.2. The zero-order chi connectivity index (χ0) is 22.7. The van der Waals surface area contributed by atoms with Crippen LogP contribution in [0.1, 0.15) is 60.8 Å². The Balaban J connectivity index is 2.36. The first-order valence-corrected chi connectivity index (χ1v) is 11.7. The van der Waals surface area contributed by atoms with Crippen molar-refractivity contribution in [2.45, 2.75) is 72.4 Å². The minimum Gasteiger partial charge on any atom is -0.443 e. The van der Waals surface area contributed by atoms with E-state index in [9.17, 15) is 14.4 Å². The molecule has 7 nitrogen and oxygen atoms in total. The van der Waals surface area contributed by atoms with Crippen molar-refractivity contribution in [3.05, 3.63) is 23.8 Å². The maximum Gasteiger partial charge on any atom is 0.426 e. The summed E-state index contributed by atoms with van der Waals surface area (Å²) in [5.74, 6) is 2.39. The van der Waals surface area contributed by atoms with Gasteiger partial charge in [-0.3, -0.25) is 15.0 Å². The average molecular weight is 440 g/mol. The Kier molecular flexibility index (Phi) is 11.0. The summed E-state index contributed by atoms with van der Waals surface area (Å²) in [6.45, 7) is 11.6. The summed E-state index contributed by atoms with van der Waals surface area (Å²) in [7, 11) is 0. The number of ether oxygens (including phenoxy) is 1. The molecule has 0 saturated carbocycles. The molecule has 0 aromatic heterocycles. The van der Waals surface area contributed by atoms with E-state index in [2.05, 4.69) is 30.0 Å². The molecule has 1 rings (SSSR count). The summed E-state index contributed by atoms with van der Waals surface area (Å²) in [4.78, 5) is 36.1. The van der Waals surface area contributed by atoms with Gasteiger partial charge in [-0.2, -0.15) is 11.8 Å². The molecule has 3 atom stereocenters. The molecule has 3 N–H and O–H groups in total. The van der Waals surface area contributed by atoms with E-state index in [1.807, 2.05) is 24.8 Å². The second-order valence-corrected chi connectivity index (χ2v) is 9.86. The second-order valence-electron chi connectivity index (χ2n) is 8.71. The molecule has 0 aromatic rings. The third-order valence-electron chi connectivity index (χ3n) is 4.55. The summed E-state index contributed by atoms with van der Waals surface area (Å²) in [5.41, 5.74) is 4.34. The fourth-order valence-corrected chi connectivity index (χ4v) is 3.79. The van der Waals surface area contributed by atoms with E-state index in [-0.39, 0.29) is 17.9 Å². The maximum atomic E-state index is 12.2. The van der Waals surface area contributed by atoms with E-state index in [4.69, 9.17) is 4.74 Å². The Labute approximate surface area is 184 Å². The molecule has 0 fully saturated rings. The second kappa shape index (κ2) is 12.7. The molecule has 0 aliphatic heterocycles. The molecule has 0 aromatic carbocycles. The monoisotopic (exact) mass is 439 g/mol. The van der Waals surface area contributed by atoms with Crippen LogP contribution in [0.25, 0.3) is 0 Å². The van der Waals surface area contributed by atoms with Crippen molar-refractivity contribution in [3.63, 3.8) is 0 Å². The van der Waals surface area contributed by atoms with Crippen LogP contribution in [-0.2, 0) is 14.3 Å². The first-order valence-electron chi connectivity index (χ1n) is 10.6. The van der Waals surface area contributed by atoms with Crippen molar-refractivity contribution in [3.8, 4) is 0 Å². The summed E-state index contributed by atoms with van der Waals surface area (Å²) in [6, 6.07) is -0.152. The number of carbonyl (C=O) groups excluding carboxylic acids is 3. The summed E-state index contributed by atoms with van der Waals surface area (Å²) in [6.07, 6.45) is 7.06. The Morgan fingerprint density at radius 1 is 1.23 bits per heavy atom. The Bertz CT molecular complexity index is 655. The van der Waals surface area contributed by atoms with Crippen LogP contribution in [0.4, 0.5) is 4.79 Å². The zero-order valence-electron chi connectivity index (χ0n) is 19.0. The van der Waals surface area contributed by atoms with Crippen LogP contribution < -0.4 is 16.2 Å². The molecular formula is C22H37N3O4S. The molecule has 0 spiro atoms. The van der Waals surface area contributed by atoms with Gasteiger partial charge in [0.15, 0.2) is 0 Å². The fourth-order valence-electron chi connectivity index (χ4n) is 2.63. The summed E-state index contributed by atoms with van der Waals surface area (Å²) in [5, 5.41) is 3.01. The van der Waals surface area contributed by atoms with Crippen molar-refractivity contribution in [1.29, 1.82) is 0 Å². The van der Waals surface area contributed by atoms with Crippen LogP contribution in [0.3, 0.4) is 0 Å². The summed E-state index contributed by atoms with van der Waals surface area (Å²) < 4.78 is 5.07. The number of nitrogens with one attached hydrogen (secondary N) is 3. The molecule has 1 aliphatic rings. The Morgan fingerprint density at radius 3 is 2.53 bits per heavy atom. The lowest BCUT2D eigenvalue weighted by molar-refractivity contribution is -0.121. The van der Waals surface area contributed by atoms with Gasteiger partial charge in [0.1, 0.15) is 5.60 Å². The highest BCUT2D eigenvalue weighted by Crippen LogP contribution is 2.18. The molecule has 8 heteroatoms. The smallest absolute Gasteiger partial charge is 0.426 e. The van der Waals surface area contributed by atoms with Crippen molar-refractivity contribution < 1.29 is 19.1 Å². The van der Waals surface area contributed by atoms with E-state index < -0.39 is 17.6 Å². The third-order valence-corrected chi connectivity index (χ3v) is 5.93. The molecule has 1 aliphatic carbocycles. The van der Waals surface area contributed by atoms with Crippen molar-refractivity contribution in [2.75, 3.05) is 11.5 Å². The lowest BCUT2D eigenvalue weighted by Crippen LogP contribution is -2.45. The molecule has 0 bridgehead atoms. The topological polar surface area (TPSA) is 96.5 Å². The first kappa shape index (κ1) is 26.1. The van der Waals surface area contributed by atoms with Crippen LogP contribution in [0.5, 0.6) is 0 Å². The number of hydrogen-bond acceptors (Lipinski definition) is 5. The van der Waals surface area contributed by atoms with E-state index in [1.165, 1.54) is 6.42 Å². The van der Waals surface area contributed by atoms with Gasteiger partial charge in [0.25, 0.3) is 5.91 Å². The lowest BCUT2D eigenvalue weighted by Gasteiger charge is -2.24. The number of thioether (sulfide) groups is 1. The molecule has 170 valence electrons. The third kappa shape index (κ3) is 10.7. The van der Waals surface area contributed by atoms with Gasteiger partial charge in [0.05, 0.1) is 6.04 Å². The van der Waals surface area contributed by atoms with E-state index in [1.54, 1.807) is 32.9 Å². The van der Waals surface area contributed by atoms with Crippen LogP contribution >= 0.6 is 11.8 Å². The largest absolute Gasteiger partial charge is 0.443 e. The zero-order valence-corrected chi connectivity index (χ0v) is 19.9. The molecule has 3 amide bonds. The van der Waals surface area contributed by atoms with Crippen molar-refractivity contribution in [2.24, 2.45) is 11.8 Å². The standard InChI is InChI=1S/C22H37N3O4S/c1-7-15(2)14-30-12-8-9-19(26)23-18-11-10-17(13-16(18)3)20(27)24-25-21(28)29-22(4,5)6/h10-11,13,15-16,18H,7-9,12,14H2,1-6H3,(H,23,26)(H,24,27)(H,25,28). The minimum atomic E-state index is -0.725. The molecule has 30 heavy (non-hydrogen) atoms. The molecule has 0 heterocycles. The Hall–Kier alpha value is -1.96. The van der Waals surface area contributed by atoms with Gasteiger partial charge in [0, 0.05) is 12.0 Å². The van der Waals surface area contributed by atoms with Gasteiger partial charge in [-0.1, -0.05) is 45.4 Å². The van der Waals surface area contributed by atoms with Gasteiger partial charge in [-0.15, -0.1) is 0 Å². The van der Waals surface area contributed by atoms with Gasteiger partial charge in [-0.05, 0) is 50.5 Å². The normalized spacial score (nSPS) is 19.5. The van der Waals surface area contributed by atoms with E-state index in [0.717, 1.165) is 23.8 Å². The number of rotatable bonds is 9. The lowest BCUT2D eigenvalue weighted by atomic mass is 9.92. The molecule has 0 saturated heterocycles. The highest BCUT2D eigenvalue weighted by atomic mass is 32.2. The number of amides is 3. The minimum absolute atomic E-state index is 0.0218. The quantitative estimate of drug-likeness (QED) is 0.376. The number of hydrazine groups is 1. The SMILES string of the molecule is CCC(C)CSCCCC(=O)NC1C=CC(C(=O)NNC(=O)OC(C)(C)C)=CC1C. The van der Waals surface area contributed by atoms with Crippen LogP contribution in [0.15, 0.2) is 23.8 Å². The fraction of sp³-hybridized carbons (Fsp3) is 0.682. The number of carbonyl (C=O) groups is 3. The average Bonchev–Trinajstić information content (AvgIpc) is 2.65. The van der Waals surface area contributed by atoms with Gasteiger partial charge in [0.2, 0.25) is 5.91 Å². The highest BCUT2D eigenvalue weighted by molar-refractivity contribution is 7.99. The van der Waals surface area contributed by atoms with Gasteiger partial charge < -0.3 is 10.1 Å². The van der Waals surface area contributed by atoms with Crippen molar-refractivity contribution in [1.82, 2.24) is 16.2 Å². The first-order chi connectivity index (χ1) is 14.0. The molecular weight excluding hydrogens is 402 g/mol. The van der Waals surface area contributed by atoms with E-state index in [0.29, 0.717) is 12.0 Å². The van der Waals surface area contributed by atoms with Gasteiger partial charge >= 0.3 is 6.09 Å². The number of hydrogen-bond donors (Lipinski definition) is 3. The van der Waals surface area contributed by atoms with Crippen molar-refractivity contribution >= 4 is 29.7 Å². The Morgan fingerprint density at radius 2 is 1.93 bits per heavy atom. The highest BCUT2D eigenvalue weighted by Gasteiger charge is 2.22. The van der Waals surface area contributed by atoms with Crippen LogP contribution in [0.2, 0.25) is 0 Å². The van der Waals surface area contributed by atoms with Crippen LogP contribution in [0, 0.1) is 11.8 Å². The predicted molar refractivity (Wildman–Crippen MR) is 122 cm³/mol. The van der Waals surface area contributed by atoms with Crippen LogP contribution in [-0.4, -0.2) is 41.1 Å². The van der Waals surface area contributed by atoms with Gasteiger partial charge in [-0.25, -0.2) is 10.2 Å². The predicted octanol–water partition coefficient (Wildman–Crippen LogP) is 3.72. The molecule has 3 unspecified atom stereocenters. The summed E-state index contributed by atoms with van der Waals surface area (Å²) >= 11 is 1.90. The molecule has 0 radical (unpaired) electrons.